The van der Waals surface area contributed by atoms with Crippen molar-refractivity contribution in [2.45, 2.75) is 43.6 Å². The molecule has 102 valence electrons. The van der Waals surface area contributed by atoms with Gasteiger partial charge in [-0.1, -0.05) is 0 Å². The number of carbonyl (C=O) groups is 2. The highest BCUT2D eigenvalue weighted by atomic mass is 35.5. The lowest BCUT2D eigenvalue weighted by molar-refractivity contribution is -0.148. The molecular formula is C12H18ClNO4. The molecule has 2 bridgehead atoms. The predicted molar refractivity (Wildman–Crippen MR) is 65.4 cm³/mol. The Kier molecular flexibility index (Phi) is 4.00. The van der Waals surface area contributed by atoms with Crippen molar-refractivity contribution in [1.29, 1.82) is 0 Å². The van der Waals surface area contributed by atoms with Crippen molar-refractivity contribution < 1.29 is 19.1 Å². The Morgan fingerprint density at radius 1 is 1.33 bits per heavy atom. The molecule has 2 aliphatic heterocycles. The summed E-state index contributed by atoms with van der Waals surface area (Å²) in [4.78, 5) is 25.4. The lowest BCUT2D eigenvalue weighted by Crippen LogP contribution is -2.54. The van der Waals surface area contributed by atoms with Crippen molar-refractivity contribution in [3.63, 3.8) is 0 Å². The highest BCUT2D eigenvalue weighted by Crippen LogP contribution is 2.42. The molecule has 18 heavy (non-hydrogen) atoms. The summed E-state index contributed by atoms with van der Waals surface area (Å²) in [6.45, 7) is 2.09. The first-order valence-corrected chi connectivity index (χ1v) is 6.70. The van der Waals surface area contributed by atoms with E-state index in [9.17, 15) is 9.59 Å². The minimum Gasteiger partial charge on any atom is -0.469 e. The number of carbonyl (C=O) groups excluding carboxylic acids is 2. The monoisotopic (exact) mass is 275 g/mol. The number of hydrogen-bond acceptors (Lipinski definition) is 4. The van der Waals surface area contributed by atoms with E-state index in [4.69, 9.17) is 21.1 Å². The maximum absolute atomic E-state index is 12.0. The Morgan fingerprint density at radius 3 is 2.61 bits per heavy atom. The Labute approximate surface area is 111 Å². The van der Waals surface area contributed by atoms with E-state index in [1.165, 1.54) is 7.11 Å². The van der Waals surface area contributed by atoms with E-state index in [0.29, 0.717) is 13.0 Å². The Bertz CT molecular complexity index is 349. The number of fused-ring (bicyclic) bond motifs is 2. The van der Waals surface area contributed by atoms with Gasteiger partial charge >= 0.3 is 12.1 Å². The van der Waals surface area contributed by atoms with E-state index in [1.807, 2.05) is 0 Å². The summed E-state index contributed by atoms with van der Waals surface area (Å²) in [6, 6.07) is -0.145. The summed E-state index contributed by atoms with van der Waals surface area (Å²) < 4.78 is 9.85. The largest absolute Gasteiger partial charge is 0.469 e. The second-order valence-electron chi connectivity index (χ2n) is 4.70. The molecule has 4 atom stereocenters. The van der Waals surface area contributed by atoms with E-state index in [-0.39, 0.29) is 35.4 Å². The molecule has 0 saturated carbocycles. The standard InChI is InChI=1S/C12H18ClNO4/c1-3-18-12(16)14-9-4-5-10(14)8(13)6-7(9)11(15)17-2/h7-10H,3-6H2,1-2H3. The van der Waals surface area contributed by atoms with Crippen molar-refractivity contribution in [2.24, 2.45) is 5.92 Å². The van der Waals surface area contributed by atoms with Crippen LogP contribution in [0.25, 0.3) is 0 Å². The molecule has 0 radical (unpaired) electrons. The summed E-state index contributed by atoms with van der Waals surface area (Å²) >= 11 is 6.29. The van der Waals surface area contributed by atoms with Crippen LogP contribution in [0.5, 0.6) is 0 Å². The highest BCUT2D eigenvalue weighted by molar-refractivity contribution is 6.21. The van der Waals surface area contributed by atoms with Gasteiger partial charge in [-0.2, -0.15) is 0 Å². The second kappa shape index (κ2) is 5.34. The summed E-state index contributed by atoms with van der Waals surface area (Å²) in [5.41, 5.74) is 0. The molecule has 0 aromatic rings. The maximum atomic E-state index is 12.0. The fraction of sp³-hybridized carbons (Fsp3) is 0.833. The van der Waals surface area contributed by atoms with Crippen LogP contribution in [0.3, 0.4) is 0 Å². The first-order chi connectivity index (χ1) is 8.60. The zero-order chi connectivity index (χ0) is 13.3. The van der Waals surface area contributed by atoms with Crippen molar-refractivity contribution in [1.82, 2.24) is 4.90 Å². The van der Waals surface area contributed by atoms with Crippen LogP contribution in [0.2, 0.25) is 0 Å². The third-order valence-electron chi connectivity index (χ3n) is 3.82. The summed E-state index contributed by atoms with van der Waals surface area (Å²) in [5, 5.41) is -0.211. The molecule has 2 rings (SSSR count). The summed E-state index contributed by atoms with van der Waals surface area (Å²) in [5.74, 6) is -0.624. The number of halogens is 1. The number of methoxy groups -OCH3 is 1. The third-order valence-corrected chi connectivity index (χ3v) is 4.29. The van der Waals surface area contributed by atoms with E-state index < -0.39 is 0 Å². The van der Waals surface area contributed by atoms with Gasteiger partial charge in [0.05, 0.1) is 31.1 Å². The third kappa shape index (κ3) is 2.16. The second-order valence-corrected chi connectivity index (χ2v) is 5.26. The maximum Gasteiger partial charge on any atom is 0.410 e. The molecule has 0 aromatic carbocycles. The van der Waals surface area contributed by atoms with Gasteiger partial charge in [-0.25, -0.2) is 4.79 Å². The molecular weight excluding hydrogens is 258 g/mol. The average molecular weight is 276 g/mol. The fourth-order valence-corrected chi connectivity index (χ4v) is 3.49. The minimum atomic E-state index is -0.371. The van der Waals surface area contributed by atoms with Gasteiger partial charge in [0.15, 0.2) is 0 Å². The molecule has 0 spiro atoms. The van der Waals surface area contributed by atoms with Gasteiger partial charge in [-0.15, -0.1) is 11.6 Å². The van der Waals surface area contributed by atoms with Gasteiger partial charge in [0.25, 0.3) is 0 Å². The number of alkyl halides is 1. The smallest absolute Gasteiger partial charge is 0.410 e. The molecule has 2 saturated heterocycles. The predicted octanol–water partition coefficient (Wildman–Crippen LogP) is 1.78. The Hall–Kier alpha value is -0.970. The lowest BCUT2D eigenvalue weighted by Gasteiger charge is -2.40. The number of nitrogens with zero attached hydrogens (tertiary/aromatic N) is 1. The zero-order valence-corrected chi connectivity index (χ0v) is 11.4. The van der Waals surface area contributed by atoms with Crippen LogP contribution in [0.1, 0.15) is 26.2 Å². The van der Waals surface area contributed by atoms with Crippen LogP contribution in [0.15, 0.2) is 0 Å². The van der Waals surface area contributed by atoms with Crippen LogP contribution >= 0.6 is 11.6 Å². The van der Waals surface area contributed by atoms with Crippen molar-refractivity contribution in [3.05, 3.63) is 0 Å². The highest BCUT2D eigenvalue weighted by Gasteiger charge is 2.52. The SMILES string of the molecule is CCOC(=O)N1C2CCC1C(C(=O)OC)CC2Cl. The normalized spacial score (nSPS) is 34.3. The van der Waals surface area contributed by atoms with Gasteiger partial charge in [0.1, 0.15) is 0 Å². The van der Waals surface area contributed by atoms with Crippen LogP contribution < -0.4 is 0 Å². The van der Waals surface area contributed by atoms with Gasteiger partial charge < -0.3 is 9.47 Å². The van der Waals surface area contributed by atoms with Crippen LogP contribution in [-0.4, -0.2) is 48.1 Å². The number of ether oxygens (including phenoxy) is 2. The fourth-order valence-electron chi connectivity index (χ4n) is 3.05. The molecule has 6 heteroatoms. The molecule has 2 heterocycles. The van der Waals surface area contributed by atoms with E-state index >= 15 is 0 Å². The molecule has 2 aliphatic rings. The molecule has 1 amide bonds. The van der Waals surface area contributed by atoms with Crippen LogP contribution in [0, 0.1) is 5.92 Å². The summed E-state index contributed by atoms with van der Waals surface area (Å²) in [7, 11) is 1.36. The Balaban J connectivity index is 2.20. The van der Waals surface area contributed by atoms with E-state index in [2.05, 4.69) is 0 Å². The first kappa shape index (κ1) is 13.5. The van der Waals surface area contributed by atoms with Crippen molar-refractivity contribution in [2.75, 3.05) is 13.7 Å². The first-order valence-electron chi connectivity index (χ1n) is 6.27. The van der Waals surface area contributed by atoms with Gasteiger partial charge in [0.2, 0.25) is 0 Å². The Morgan fingerprint density at radius 2 is 2.00 bits per heavy atom. The summed E-state index contributed by atoms with van der Waals surface area (Å²) in [6.07, 6.45) is 1.81. The van der Waals surface area contributed by atoms with E-state index in [0.717, 1.165) is 12.8 Å². The van der Waals surface area contributed by atoms with E-state index in [1.54, 1.807) is 11.8 Å². The minimum absolute atomic E-state index is 0.0170. The topological polar surface area (TPSA) is 55.8 Å². The quantitative estimate of drug-likeness (QED) is 0.569. The molecule has 4 unspecified atom stereocenters. The number of rotatable bonds is 2. The molecule has 0 N–H and O–H groups in total. The van der Waals surface area contributed by atoms with Crippen molar-refractivity contribution >= 4 is 23.7 Å². The number of hydrogen-bond donors (Lipinski definition) is 0. The zero-order valence-electron chi connectivity index (χ0n) is 10.6. The average Bonchev–Trinajstić information content (AvgIpc) is 2.72. The van der Waals surface area contributed by atoms with Gasteiger partial charge in [0, 0.05) is 6.04 Å². The lowest BCUT2D eigenvalue weighted by atomic mass is 9.90. The molecule has 0 aromatic heterocycles. The molecule has 5 nitrogen and oxygen atoms in total. The van der Waals surface area contributed by atoms with Crippen LogP contribution in [0.4, 0.5) is 4.79 Å². The van der Waals surface area contributed by atoms with Gasteiger partial charge in [-0.3, -0.25) is 9.69 Å². The number of esters is 1. The van der Waals surface area contributed by atoms with Gasteiger partial charge in [-0.05, 0) is 26.2 Å². The number of amides is 1. The molecule has 0 aliphatic carbocycles. The van der Waals surface area contributed by atoms with Crippen molar-refractivity contribution in [3.8, 4) is 0 Å². The van der Waals surface area contributed by atoms with Crippen LogP contribution in [-0.2, 0) is 14.3 Å². The molecule has 2 fully saturated rings. The number of piperidine rings is 1.